The van der Waals surface area contributed by atoms with Crippen LogP contribution in [-0.4, -0.2) is 12.6 Å². The third kappa shape index (κ3) is 6.62. The normalized spacial score (nSPS) is 16.0. The second-order valence-electron chi connectivity index (χ2n) is 3.78. The monoisotopic (exact) mass is 172 g/mol. The first-order chi connectivity index (χ1) is 5.70. The highest BCUT2D eigenvalue weighted by molar-refractivity contribution is 4.62. The van der Waals surface area contributed by atoms with Crippen LogP contribution < -0.4 is 11.5 Å². The van der Waals surface area contributed by atoms with Crippen LogP contribution in [0.15, 0.2) is 0 Å². The topological polar surface area (TPSA) is 52.0 Å². The molecule has 0 aliphatic heterocycles. The molecule has 2 nitrogen and oxygen atoms in total. The second-order valence-corrected chi connectivity index (χ2v) is 3.78. The van der Waals surface area contributed by atoms with Crippen LogP contribution in [0.2, 0.25) is 0 Å². The summed E-state index contributed by atoms with van der Waals surface area (Å²) in [7, 11) is 0. The van der Waals surface area contributed by atoms with Gasteiger partial charge in [-0.2, -0.15) is 0 Å². The summed E-state index contributed by atoms with van der Waals surface area (Å²) >= 11 is 0. The van der Waals surface area contributed by atoms with E-state index in [2.05, 4.69) is 13.8 Å². The van der Waals surface area contributed by atoms with Gasteiger partial charge in [0.1, 0.15) is 0 Å². The molecular formula is C10H24N2. The van der Waals surface area contributed by atoms with Crippen LogP contribution in [0.25, 0.3) is 0 Å². The second kappa shape index (κ2) is 7.56. The zero-order valence-corrected chi connectivity index (χ0v) is 8.55. The molecule has 0 saturated heterocycles. The van der Waals surface area contributed by atoms with E-state index in [-0.39, 0.29) is 0 Å². The Morgan fingerprint density at radius 2 is 1.83 bits per heavy atom. The van der Waals surface area contributed by atoms with Crippen molar-refractivity contribution in [2.45, 2.75) is 52.0 Å². The van der Waals surface area contributed by atoms with E-state index in [1.807, 2.05) is 0 Å². The predicted molar refractivity (Wildman–Crippen MR) is 55.0 cm³/mol. The van der Waals surface area contributed by atoms with E-state index < -0.39 is 0 Å². The van der Waals surface area contributed by atoms with Crippen LogP contribution in [0.5, 0.6) is 0 Å². The molecule has 0 aromatic rings. The Hall–Kier alpha value is -0.0800. The summed E-state index contributed by atoms with van der Waals surface area (Å²) < 4.78 is 0. The molecular weight excluding hydrogens is 148 g/mol. The lowest BCUT2D eigenvalue weighted by Gasteiger charge is -2.13. The number of hydrogen-bond donors (Lipinski definition) is 2. The smallest absolute Gasteiger partial charge is 0.00363 e. The third-order valence-electron chi connectivity index (χ3n) is 2.46. The maximum absolute atomic E-state index is 5.83. The van der Waals surface area contributed by atoms with Gasteiger partial charge in [0.15, 0.2) is 0 Å². The molecule has 0 saturated carbocycles. The maximum atomic E-state index is 5.83. The molecule has 0 heterocycles. The van der Waals surface area contributed by atoms with Gasteiger partial charge in [0.2, 0.25) is 0 Å². The SMILES string of the molecule is CCC(N)CCC(C)CCCN. The van der Waals surface area contributed by atoms with Crippen LogP contribution in [0, 0.1) is 5.92 Å². The summed E-state index contributed by atoms with van der Waals surface area (Å²) in [6.07, 6.45) is 5.94. The average Bonchev–Trinajstić information content (AvgIpc) is 2.10. The predicted octanol–water partition coefficient (Wildman–Crippen LogP) is 1.88. The van der Waals surface area contributed by atoms with Gasteiger partial charge in [0.05, 0.1) is 0 Å². The van der Waals surface area contributed by atoms with Crippen molar-refractivity contribution in [3.8, 4) is 0 Å². The Balaban J connectivity index is 3.24. The van der Waals surface area contributed by atoms with Crippen LogP contribution >= 0.6 is 0 Å². The van der Waals surface area contributed by atoms with Crippen molar-refractivity contribution in [2.75, 3.05) is 6.54 Å². The van der Waals surface area contributed by atoms with Gasteiger partial charge in [-0.1, -0.05) is 13.8 Å². The van der Waals surface area contributed by atoms with E-state index in [1.54, 1.807) is 0 Å². The quantitative estimate of drug-likeness (QED) is 0.616. The Morgan fingerprint density at radius 3 is 2.33 bits per heavy atom. The highest BCUT2D eigenvalue weighted by Crippen LogP contribution is 2.13. The fraction of sp³-hybridized carbons (Fsp3) is 1.00. The van der Waals surface area contributed by atoms with Crippen molar-refractivity contribution < 1.29 is 0 Å². The fourth-order valence-electron chi connectivity index (χ4n) is 1.31. The minimum Gasteiger partial charge on any atom is -0.330 e. The summed E-state index contributed by atoms with van der Waals surface area (Å²) in [6, 6.07) is 0.408. The Morgan fingerprint density at radius 1 is 1.17 bits per heavy atom. The minimum absolute atomic E-state index is 0.408. The van der Waals surface area contributed by atoms with Crippen LogP contribution in [0.4, 0.5) is 0 Å². The van der Waals surface area contributed by atoms with E-state index in [9.17, 15) is 0 Å². The van der Waals surface area contributed by atoms with Crippen molar-refractivity contribution >= 4 is 0 Å². The van der Waals surface area contributed by atoms with Crippen LogP contribution in [0.3, 0.4) is 0 Å². The molecule has 0 amide bonds. The molecule has 74 valence electrons. The average molecular weight is 172 g/mol. The minimum atomic E-state index is 0.408. The van der Waals surface area contributed by atoms with E-state index in [1.165, 1.54) is 19.3 Å². The molecule has 2 unspecified atom stereocenters. The molecule has 0 fully saturated rings. The molecule has 0 aliphatic rings. The molecule has 0 aliphatic carbocycles. The zero-order chi connectivity index (χ0) is 9.40. The van der Waals surface area contributed by atoms with Gasteiger partial charge in [0.25, 0.3) is 0 Å². The lowest BCUT2D eigenvalue weighted by molar-refractivity contribution is 0.431. The molecule has 2 heteroatoms. The Bertz CT molecular complexity index is 93.8. The number of hydrogen-bond acceptors (Lipinski definition) is 2. The van der Waals surface area contributed by atoms with Gasteiger partial charge in [-0.25, -0.2) is 0 Å². The molecule has 12 heavy (non-hydrogen) atoms. The standard InChI is InChI=1S/C10H24N2/c1-3-10(12)7-6-9(2)5-4-8-11/h9-10H,3-8,11-12H2,1-2H3. The third-order valence-corrected chi connectivity index (χ3v) is 2.46. The van der Waals surface area contributed by atoms with Crippen molar-refractivity contribution in [1.29, 1.82) is 0 Å². The van der Waals surface area contributed by atoms with Crippen molar-refractivity contribution in [1.82, 2.24) is 0 Å². The van der Waals surface area contributed by atoms with Crippen molar-refractivity contribution in [2.24, 2.45) is 17.4 Å². The van der Waals surface area contributed by atoms with Gasteiger partial charge < -0.3 is 11.5 Å². The van der Waals surface area contributed by atoms with E-state index in [0.717, 1.165) is 25.3 Å². The number of nitrogens with two attached hydrogens (primary N) is 2. The van der Waals surface area contributed by atoms with Crippen LogP contribution in [-0.2, 0) is 0 Å². The summed E-state index contributed by atoms with van der Waals surface area (Å²) in [6.45, 7) is 5.26. The lowest BCUT2D eigenvalue weighted by atomic mass is 9.97. The highest BCUT2D eigenvalue weighted by atomic mass is 14.6. The van der Waals surface area contributed by atoms with Gasteiger partial charge in [0, 0.05) is 6.04 Å². The molecule has 0 bridgehead atoms. The first-order valence-corrected chi connectivity index (χ1v) is 5.16. The van der Waals surface area contributed by atoms with Gasteiger partial charge in [-0.05, 0) is 44.6 Å². The van der Waals surface area contributed by atoms with Gasteiger partial charge in [-0.15, -0.1) is 0 Å². The summed E-state index contributed by atoms with van der Waals surface area (Å²) in [4.78, 5) is 0. The largest absolute Gasteiger partial charge is 0.330 e. The van der Waals surface area contributed by atoms with Crippen LogP contribution in [0.1, 0.15) is 46.0 Å². The van der Waals surface area contributed by atoms with Crippen molar-refractivity contribution in [3.05, 3.63) is 0 Å². The molecule has 0 spiro atoms. The first kappa shape index (κ1) is 11.9. The molecule has 0 radical (unpaired) electrons. The van der Waals surface area contributed by atoms with Gasteiger partial charge in [-0.3, -0.25) is 0 Å². The fourth-order valence-corrected chi connectivity index (χ4v) is 1.31. The molecule has 0 aromatic heterocycles. The first-order valence-electron chi connectivity index (χ1n) is 5.16. The maximum Gasteiger partial charge on any atom is 0.00363 e. The zero-order valence-electron chi connectivity index (χ0n) is 8.55. The Kier molecular flexibility index (Phi) is 7.51. The van der Waals surface area contributed by atoms with Crippen molar-refractivity contribution in [3.63, 3.8) is 0 Å². The number of rotatable bonds is 7. The van der Waals surface area contributed by atoms with E-state index in [4.69, 9.17) is 11.5 Å². The van der Waals surface area contributed by atoms with E-state index >= 15 is 0 Å². The Labute approximate surface area is 76.7 Å². The van der Waals surface area contributed by atoms with E-state index in [0.29, 0.717) is 6.04 Å². The highest BCUT2D eigenvalue weighted by Gasteiger charge is 2.04. The molecule has 4 N–H and O–H groups in total. The molecule has 2 atom stereocenters. The molecule has 0 aromatic carbocycles. The summed E-state index contributed by atoms with van der Waals surface area (Å²) in [5.74, 6) is 0.797. The lowest BCUT2D eigenvalue weighted by Crippen LogP contribution is -2.19. The summed E-state index contributed by atoms with van der Waals surface area (Å²) in [5.41, 5.74) is 11.3. The molecule has 0 rings (SSSR count). The van der Waals surface area contributed by atoms with Gasteiger partial charge >= 0.3 is 0 Å². The summed E-state index contributed by atoms with van der Waals surface area (Å²) in [5, 5.41) is 0.